The molecule has 0 saturated heterocycles. The molecule has 0 radical (unpaired) electrons. The van der Waals surface area contributed by atoms with E-state index < -0.39 is 0 Å². The maximum absolute atomic E-state index is 2.47. The molecule has 0 spiro atoms. The number of benzene rings is 10. The lowest BCUT2D eigenvalue weighted by molar-refractivity contribution is 0.106. The van der Waals surface area contributed by atoms with E-state index in [1.54, 1.807) is 0 Å². The van der Waals surface area contributed by atoms with E-state index in [-0.39, 0.29) is 5.41 Å². The van der Waals surface area contributed by atoms with Crippen molar-refractivity contribution in [1.82, 2.24) is 0 Å². The molecule has 72 heavy (non-hydrogen) atoms. The molecule has 0 amide bonds. The summed E-state index contributed by atoms with van der Waals surface area (Å²) in [4.78, 5) is 4.94. The first-order valence-corrected chi connectivity index (χ1v) is 26.3. The predicted molar refractivity (Wildman–Crippen MR) is 306 cm³/mol. The maximum Gasteiger partial charge on any atom is 0.0541 e. The van der Waals surface area contributed by atoms with Gasteiger partial charge in [0.1, 0.15) is 0 Å². The van der Waals surface area contributed by atoms with Crippen LogP contribution in [0.5, 0.6) is 0 Å². The molecule has 0 aromatic heterocycles. The fourth-order valence-corrected chi connectivity index (χ4v) is 12.5. The van der Waals surface area contributed by atoms with Gasteiger partial charge in [-0.05, 0) is 179 Å². The number of aryl methyl sites for hydroxylation is 1. The average molecular weight is 931 g/mol. The van der Waals surface area contributed by atoms with Crippen LogP contribution in [0.2, 0.25) is 0 Å². The molecule has 2 atom stereocenters. The number of para-hydroxylation sites is 1. The quantitative estimate of drug-likeness (QED) is 0.120. The molecule has 10 aromatic carbocycles. The first-order chi connectivity index (χ1) is 35.5. The van der Waals surface area contributed by atoms with Crippen LogP contribution in [0.3, 0.4) is 0 Å². The van der Waals surface area contributed by atoms with Crippen LogP contribution < -0.4 is 9.80 Å². The summed E-state index contributed by atoms with van der Waals surface area (Å²) in [5.74, 6) is 1.74. The third-order valence-corrected chi connectivity index (χ3v) is 16.1. The van der Waals surface area contributed by atoms with E-state index in [4.69, 9.17) is 0 Å². The summed E-state index contributed by atoms with van der Waals surface area (Å²) in [5.41, 5.74) is 19.3. The highest BCUT2D eigenvalue weighted by Gasteiger charge is 2.42. The van der Waals surface area contributed by atoms with E-state index in [1.807, 2.05) is 0 Å². The number of anilines is 6. The van der Waals surface area contributed by atoms with E-state index in [9.17, 15) is 0 Å². The predicted octanol–water partition coefficient (Wildman–Crippen LogP) is 20.0. The van der Waals surface area contributed by atoms with Gasteiger partial charge in [0.2, 0.25) is 0 Å². The van der Waals surface area contributed by atoms with Gasteiger partial charge in [-0.15, -0.1) is 0 Å². The molecule has 10 aromatic rings. The lowest BCUT2D eigenvalue weighted by Crippen LogP contribution is -2.38. The van der Waals surface area contributed by atoms with Crippen molar-refractivity contribution in [1.29, 1.82) is 0 Å². The summed E-state index contributed by atoms with van der Waals surface area (Å²) < 4.78 is 0. The molecule has 2 heteroatoms. The normalized spacial score (nSPS) is 17.4. The van der Waals surface area contributed by atoms with Gasteiger partial charge in [0.05, 0.1) is 11.4 Å². The van der Waals surface area contributed by atoms with Crippen LogP contribution in [0, 0.1) is 18.8 Å². The van der Waals surface area contributed by atoms with Crippen LogP contribution in [0.15, 0.2) is 243 Å². The van der Waals surface area contributed by atoms with Gasteiger partial charge in [-0.1, -0.05) is 196 Å². The molecule has 2 aliphatic rings. The van der Waals surface area contributed by atoms with Crippen molar-refractivity contribution in [3.63, 3.8) is 0 Å². The Labute approximate surface area is 426 Å². The molecular weight excluding hydrogens is 869 g/mol. The van der Waals surface area contributed by atoms with Gasteiger partial charge in [0, 0.05) is 33.5 Å². The summed E-state index contributed by atoms with van der Waals surface area (Å²) in [7, 11) is 0. The van der Waals surface area contributed by atoms with Gasteiger partial charge in [-0.2, -0.15) is 0 Å². The molecule has 2 saturated carbocycles. The minimum absolute atomic E-state index is 0.269. The van der Waals surface area contributed by atoms with Crippen molar-refractivity contribution in [3.05, 3.63) is 254 Å². The van der Waals surface area contributed by atoms with E-state index in [2.05, 4.69) is 266 Å². The van der Waals surface area contributed by atoms with Crippen LogP contribution in [-0.2, 0) is 5.41 Å². The van der Waals surface area contributed by atoms with Crippen LogP contribution in [0.1, 0.15) is 63.0 Å². The Morgan fingerprint density at radius 1 is 0.375 bits per heavy atom. The number of nitrogens with zero attached hydrogens (tertiary/aromatic N) is 2. The molecule has 2 fully saturated rings. The summed E-state index contributed by atoms with van der Waals surface area (Å²) in [6.45, 7) is 4.58. The fraction of sp³-hybridized carbons (Fsp3) is 0.171. The molecule has 2 nitrogen and oxygen atoms in total. The zero-order chi connectivity index (χ0) is 48.4. The first-order valence-electron chi connectivity index (χ1n) is 26.3. The van der Waals surface area contributed by atoms with Crippen molar-refractivity contribution < 1.29 is 0 Å². The monoisotopic (exact) mass is 930 g/mol. The lowest BCUT2D eigenvalue weighted by Gasteiger charge is -2.47. The van der Waals surface area contributed by atoms with Crippen LogP contribution in [0.25, 0.3) is 55.3 Å². The average Bonchev–Trinajstić information content (AvgIpc) is 3.44. The Bertz CT molecular complexity index is 3400. The highest BCUT2D eigenvalue weighted by Crippen LogP contribution is 2.53. The SMILES string of the molecule is CCC1(c2ccc(N(c3ccccc3)c3ccc(N(c4cccc(-c5ccc(C)cc5)c4)c4cccc(-c5cc(-c6ccccc6)cc(-c6ccccc6)c5)c4)c4ccccc34)cc2)CC2CCCC(C2)C1. The Balaban J connectivity index is 1.01. The molecule has 2 aliphatic carbocycles. The topological polar surface area (TPSA) is 6.48 Å². The molecule has 0 N–H and O–H groups in total. The van der Waals surface area contributed by atoms with Crippen LogP contribution >= 0.6 is 0 Å². The summed E-state index contributed by atoms with van der Waals surface area (Å²) in [5, 5.41) is 2.36. The second kappa shape index (κ2) is 19.7. The Hall–Kier alpha value is -7.94. The van der Waals surface area contributed by atoms with Gasteiger partial charge in [0.25, 0.3) is 0 Å². The number of hydrogen-bond donors (Lipinski definition) is 0. The second-order valence-corrected chi connectivity index (χ2v) is 20.6. The van der Waals surface area contributed by atoms with Crippen molar-refractivity contribution in [2.24, 2.45) is 11.8 Å². The number of fused-ring (bicyclic) bond motifs is 3. The van der Waals surface area contributed by atoms with Gasteiger partial charge >= 0.3 is 0 Å². The van der Waals surface area contributed by atoms with Gasteiger partial charge in [-0.3, -0.25) is 0 Å². The minimum atomic E-state index is 0.269. The smallest absolute Gasteiger partial charge is 0.0541 e. The van der Waals surface area contributed by atoms with Gasteiger partial charge < -0.3 is 9.80 Å². The largest absolute Gasteiger partial charge is 0.310 e. The summed E-state index contributed by atoms with van der Waals surface area (Å²) in [6, 6.07) is 90.0. The van der Waals surface area contributed by atoms with E-state index >= 15 is 0 Å². The Morgan fingerprint density at radius 3 is 1.32 bits per heavy atom. The molecule has 0 aliphatic heterocycles. The van der Waals surface area contributed by atoms with Crippen LogP contribution in [0.4, 0.5) is 34.1 Å². The molecule has 12 rings (SSSR count). The maximum atomic E-state index is 2.47. The van der Waals surface area contributed by atoms with E-state index in [0.29, 0.717) is 0 Å². The van der Waals surface area contributed by atoms with Gasteiger partial charge in [-0.25, -0.2) is 0 Å². The molecule has 2 bridgehead atoms. The third kappa shape index (κ3) is 8.92. The van der Waals surface area contributed by atoms with Crippen molar-refractivity contribution in [2.45, 2.75) is 64.2 Å². The Kier molecular flexibility index (Phi) is 12.4. The third-order valence-electron chi connectivity index (χ3n) is 16.1. The summed E-state index contributed by atoms with van der Waals surface area (Å²) >= 11 is 0. The summed E-state index contributed by atoms with van der Waals surface area (Å²) in [6.07, 6.45) is 9.52. The zero-order valence-electron chi connectivity index (χ0n) is 41.6. The van der Waals surface area contributed by atoms with E-state index in [1.165, 1.54) is 111 Å². The van der Waals surface area contributed by atoms with Crippen LogP contribution in [-0.4, -0.2) is 0 Å². The lowest BCUT2D eigenvalue weighted by atomic mass is 9.57. The standard InChI is InChI=1S/C70H62N2/c1-3-70(48-51-18-15-19-52(42-51)49-70)61-36-38-63(39-37-61)71(62-26-11-6-12-27-62)68-40-41-69(67-31-14-13-30-66(67)68)72(64-28-16-24-56(46-64)55-34-32-50(2)33-35-55)65-29-17-25-57(47-65)60-44-58(53-20-7-4-8-21-53)43-59(45-60)54-22-9-5-10-23-54/h4-14,16-17,20-41,43-47,51-52H,3,15,18-19,42,48-49H2,1-2H3. The molecule has 2 unspecified atom stereocenters. The first kappa shape index (κ1) is 45.2. The fourth-order valence-electron chi connectivity index (χ4n) is 12.5. The van der Waals surface area contributed by atoms with Gasteiger partial charge in [0.15, 0.2) is 0 Å². The zero-order valence-corrected chi connectivity index (χ0v) is 41.6. The highest BCUT2D eigenvalue weighted by atomic mass is 15.2. The van der Waals surface area contributed by atoms with Crippen molar-refractivity contribution >= 4 is 44.9 Å². The van der Waals surface area contributed by atoms with Crippen molar-refractivity contribution in [3.8, 4) is 44.5 Å². The Morgan fingerprint density at radius 2 is 0.792 bits per heavy atom. The number of rotatable bonds is 12. The second-order valence-electron chi connectivity index (χ2n) is 20.6. The highest BCUT2D eigenvalue weighted by molar-refractivity contribution is 6.07. The molecule has 352 valence electrons. The molecular formula is C70H62N2. The molecule has 0 heterocycles. The minimum Gasteiger partial charge on any atom is -0.310 e. The van der Waals surface area contributed by atoms with E-state index in [0.717, 1.165) is 45.8 Å². The number of hydrogen-bond acceptors (Lipinski definition) is 2. The van der Waals surface area contributed by atoms with Crippen molar-refractivity contribution in [2.75, 3.05) is 9.80 Å².